The van der Waals surface area contributed by atoms with Gasteiger partial charge in [-0.1, -0.05) is 0 Å². The third-order valence-electron chi connectivity index (χ3n) is 3.35. The number of nitrogens with one attached hydrogen (secondary N) is 1. The minimum Gasteiger partial charge on any atom is -0.494 e. The van der Waals surface area contributed by atoms with Gasteiger partial charge >= 0.3 is 0 Å². The summed E-state index contributed by atoms with van der Waals surface area (Å²) in [6.07, 6.45) is 0. The molecule has 0 aromatic heterocycles. The number of ether oxygens (including phenoxy) is 1. The first-order valence-electron chi connectivity index (χ1n) is 6.00. The van der Waals surface area contributed by atoms with Crippen molar-refractivity contribution >= 4 is 10.0 Å². The summed E-state index contributed by atoms with van der Waals surface area (Å²) in [4.78, 5) is -0.229. The van der Waals surface area contributed by atoms with Gasteiger partial charge in [-0.2, -0.15) is 0 Å². The Hall–Kier alpha value is -1.18. The highest BCUT2D eigenvalue weighted by Crippen LogP contribution is 2.25. The van der Waals surface area contributed by atoms with Crippen molar-refractivity contribution < 1.29 is 22.7 Å². The van der Waals surface area contributed by atoms with Crippen molar-refractivity contribution in [1.29, 1.82) is 0 Å². The molecule has 0 saturated heterocycles. The molecule has 0 atom stereocenters. The van der Waals surface area contributed by atoms with Crippen LogP contribution in [-0.4, -0.2) is 31.8 Å². The van der Waals surface area contributed by atoms with Crippen molar-refractivity contribution in [2.24, 2.45) is 0 Å². The Morgan fingerprint density at radius 2 is 1.80 bits per heavy atom. The molecule has 20 heavy (non-hydrogen) atoms. The third kappa shape index (κ3) is 3.47. The average molecular weight is 305 g/mol. The first kappa shape index (κ1) is 16.9. The van der Waals surface area contributed by atoms with Gasteiger partial charge < -0.3 is 9.84 Å². The van der Waals surface area contributed by atoms with Crippen LogP contribution in [0.15, 0.2) is 23.1 Å². The van der Waals surface area contributed by atoms with Crippen LogP contribution in [0.25, 0.3) is 0 Å². The van der Waals surface area contributed by atoms with E-state index >= 15 is 0 Å². The number of rotatable bonds is 5. The van der Waals surface area contributed by atoms with Crippen molar-refractivity contribution in [1.82, 2.24) is 4.72 Å². The fourth-order valence-corrected chi connectivity index (χ4v) is 2.88. The second-order valence-electron chi connectivity index (χ2n) is 5.59. The highest BCUT2D eigenvalue weighted by Gasteiger charge is 2.39. The lowest BCUT2D eigenvalue weighted by Crippen LogP contribution is -2.57. The number of sulfonamides is 1. The first-order valence-corrected chi connectivity index (χ1v) is 7.49. The zero-order chi connectivity index (χ0) is 15.8. The van der Waals surface area contributed by atoms with Gasteiger partial charge in [0.1, 0.15) is 0 Å². The summed E-state index contributed by atoms with van der Waals surface area (Å²) in [6, 6.07) is 3.35. The van der Waals surface area contributed by atoms with Gasteiger partial charge in [0.2, 0.25) is 10.0 Å². The molecule has 1 rings (SSSR count). The predicted molar refractivity (Wildman–Crippen MR) is 73.7 cm³/mol. The van der Waals surface area contributed by atoms with E-state index in [4.69, 9.17) is 4.74 Å². The van der Waals surface area contributed by atoms with Crippen LogP contribution < -0.4 is 9.46 Å². The Balaban J connectivity index is 3.16. The molecule has 0 fully saturated rings. The lowest BCUT2D eigenvalue weighted by molar-refractivity contribution is 0.00638. The third-order valence-corrected chi connectivity index (χ3v) is 5.01. The van der Waals surface area contributed by atoms with Gasteiger partial charge in [0, 0.05) is 0 Å². The van der Waals surface area contributed by atoms with E-state index in [0.29, 0.717) is 0 Å². The van der Waals surface area contributed by atoms with Crippen LogP contribution in [0.4, 0.5) is 4.39 Å². The second kappa shape index (κ2) is 5.31. The Kier molecular flexibility index (Phi) is 4.48. The maximum atomic E-state index is 13.6. The van der Waals surface area contributed by atoms with Crippen molar-refractivity contribution in [2.75, 3.05) is 7.11 Å². The Bertz CT molecular complexity index is 591. The van der Waals surface area contributed by atoms with E-state index < -0.39 is 27.0 Å². The molecule has 0 bridgehead atoms. The van der Waals surface area contributed by atoms with Gasteiger partial charge in [-0.3, -0.25) is 0 Å². The molecule has 5 nitrogen and oxygen atoms in total. The van der Waals surface area contributed by atoms with E-state index in [1.807, 2.05) is 0 Å². The molecule has 1 aromatic carbocycles. The lowest BCUT2D eigenvalue weighted by Gasteiger charge is -2.37. The summed E-state index contributed by atoms with van der Waals surface area (Å²) in [5.74, 6) is -0.804. The van der Waals surface area contributed by atoms with Crippen LogP contribution in [0.5, 0.6) is 5.75 Å². The van der Waals surface area contributed by atoms with Gasteiger partial charge in [0.15, 0.2) is 11.6 Å². The van der Waals surface area contributed by atoms with Crippen molar-refractivity contribution in [3.05, 3.63) is 24.0 Å². The molecule has 114 valence electrons. The number of aliphatic hydroxyl groups is 1. The quantitative estimate of drug-likeness (QED) is 0.867. The van der Waals surface area contributed by atoms with Gasteiger partial charge in [0.25, 0.3) is 0 Å². The van der Waals surface area contributed by atoms with E-state index in [1.54, 1.807) is 13.8 Å². The Morgan fingerprint density at radius 1 is 1.25 bits per heavy atom. The van der Waals surface area contributed by atoms with Crippen molar-refractivity contribution in [3.8, 4) is 5.75 Å². The minimum atomic E-state index is -3.95. The summed E-state index contributed by atoms with van der Waals surface area (Å²) in [5, 5.41) is 9.97. The number of halogens is 1. The van der Waals surface area contributed by atoms with E-state index in [9.17, 15) is 17.9 Å². The zero-order valence-electron chi connectivity index (χ0n) is 12.2. The normalized spacial score (nSPS) is 13.3. The molecule has 0 spiro atoms. The SMILES string of the molecule is COc1ccc(S(=O)(=O)NC(C)(C)C(C)(C)O)cc1F. The molecule has 0 aliphatic carbocycles. The monoisotopic (exact) mass is 305 g/mol. The second-order valence-corrected chi connectivity index (χ2v) is 7.27. The van der Waals surface area contributed by atoms with Crippen LogP contribution in [-0.2, 0) is 10.0 Å². The molecule has 0 radical (unpaired) electrons. The topological polar surface area (TPSA) is 75.6 Å². The van der Waals surface area contributed by atoms with Crippen LogP contribution in [0.1, 0.15) is 27.7 Å². The summed E-state index contributed by atoms with van der Waals surface area (Å²) in [7, 11) is -2.66. The molecule has 0 heterocycles. The molecule has 1 aromatic rings. The molecular formula is C13H20FNO4S. The van der Waals surface area contributed by atoms with Crippen LogP contribution in [0.3, 0.4) is 0 Å². The number of hydrogen-bond acceptors (Lipinski definition) is 4. The molecular weight excluding hydrogens is 285 g/mol. The first-order chi connectivity index (χ1) is 8.90. The van der Waals surface area contributed by atoms with Crippen molar-refractivity contribution in [2.45, 2.75) is 43.7 Å². The maximum Gasteiger partial charge on any atom is 0.241 e. The van der Waals surface area contributed by atoms with E-state index in [1.165, 1.54) is 33.1 Å². The average Bonchev–Trinajstić information content (AvgIpc) is 2.25. The van der Waals surface area contributed by atoms with Crippen molar-refractivity contribution in [3.63, 3.8) is 0 Å². The molecule has 0 aliphatic heterocycles. The highest BCUT2D eigenvalue weighted by molar-refractivity contribution is 7.89. The summed E-state index contributed by atoms with van der Waals surface area (Å²) in [6.45, 7) is 6.07. The number of methoxy groups -OCH3 is 1. The molecule has 7 heteroatoms. The molecule has 0 aliphatic rings. The maximum absolute atomic E-state index is 13.6. The number of benzene rings is 1. The highest BCUT2D eigenvalue weighted by atomic mass is 32.2. The van der Waals surface area contributed by atoms with Crippen LogP contribution in [0, 0.1) is 5.82 Å². The van der Waals surface area contributed by atoms with Crippen LogP contribution >= 0.6 is 0 Å². The summed E-state index contributed by atoms with van der Waals surface area (Å²) in [5.41, 5.74) is -2.41. The smallest absolute Gasteiger partial charge is 0.241 e. The van der Waals surface area contributed by atoms with Crippen LogP contribution in [0.2, 0.25) is 0 Å². The Labute approximate surface area is 118 Å². The van der Waals surface area contributed by atoms with Gasteiger partial charge in [-0.15, -0.1) is 0 Å². The summed E-state index contributed by atoms with van der Waals surface area (Å²) >= 11 is 0. The van der Waals surface area contributed by atoms with E-state index in [2.05, 4.69) is 4.72 Å². The Morgan fingerprint density at radius 3 is 2.20 bits per heavy atom. The molecule has 2 N–H and O–H groups in total. The van der Waals surface area contributed by atoms with Gasteiger partial charge in [-0.05, 0) is 45.9 Å². The fraction of sp³-hybridized carbons (Fsp3) is 0.538. The predicted octanol–water partition coefficient (Wildman–Crippen LogP) is 1.66. The number of hydrogen-bond donors (Lipinski definition) is 2. The lowest BCUT2D eigenvalue weighted by atomic mass is 9.87. The summed E-state index contributed by atoms with van der Waals surface area (Å²) < 4.78 is 45.1. The van der Waals surface area contributed by atoms with Gasteiger partial charge in [0.05, 0.1) is 23.1 Å². The van der Waals surface area contributed by atoms with E-state index in [-0.39, 0.29) is 10.6 Å². The minimum absolute atomic E-state index is 0.0364. The largest absolute Gasteiger partial charge is 0.494 e. The molecule has 0 amide bonds. The molecule has 0 unspecified atom stereocenters. The molecule has 0 saturated carbocycles. The van der Waals surface area contributed by atoms with Gasteiger partial charge in [-0.25, -0.2) is 17.5 Å². The zero-order valence-corrected chi connectivity index (χ0v) is 13.0. The van der Waals surface area contributed by atoms with E-state index in [0.717, 1.165) is 6.07 Å². The standard InChI is InChI=1S/C13H20FNO4S/c1-12(2,13(3,4)16)15-20(17,18)9-6-7-11(19-5)10(14)8-9/h6-8,15-16H,1-5H3. The fourth-order valence-electron chi connectivity index (χ4n) is 1.33.